The summed E-state index contributed by atoms with van der Waals surface area (Å²) in [5.74, 6) is 1.23. The molecule has 1 aliphatic rings. The zero-order valence-corrected chi connectivity index (χ0v) is 18.3. The Bertz CT molecular complexity index is 1020. The van der Waals surface area contributed by atoms with Crippen LogP contribution in [-0.2, 0) is 10.2 Å². The van der Waals surface area contributed by atoms with Crippen molar-refractivity contribution in [2.75, 3.05) is 26.8 Å². The standard InChI is InChI=1S/C24H28N4O3/c1-17-13-18(2)15-20(14-17)22(29)28-10-6-24(7-11-28,8-12-30-3)23-26-21(31-27-23)19-5-4-9-25-16-19/h4-5,9,13-16H,6-8,10-12H2,1-3H3. The van der Waals surface area contributed by atoms with E-state index in [1.807, 2.05) is 43.0 Å². The molecule has 0 saturated carbocycles. The van der Waals surface area contributed by atoms with Crippen LogP contribution in [0.15, 0.2) is 47.2 Å². The van der Waals surface area contributed by atoms with Gasteiger partial charge in [-0.25, -0.2) is 0 Å². The molecule has 0 atom stereocenters. The van der Waals surface area contributed by atoms with Gasteiger partial charge in [0.05, 0.1) is 5.56 Å². The number of pyridine rings is 1. The van der Waals surface area contributed by atoms with Gasteiger partial charge >= 0.3 is 0 Å². The molecule has 3 heterocycles. The van der Waals surface area contributed by atoms with E-state index in [4.69, 9.17) is 14.2 Å². The van der Waals surface area contributed by atoms with Gasteiger partial charge in [0.15, 0.2) is 5.82 Å². The van der Waals surface area contributed by atoms with Crippen LogP contribution in [0.25, 0.3) is 11.5 Å². The van der Waals surface area contributed by atoms with Crippen molar-refractivity contribution in [1.29, 1.82) is 0 Å². The molecule has 0 aliphatic carbocycles. The molecule has 0 radical (unpaired) electrons. The summed E-state index contributed by atoms with van der Waals surface area (Å²) in [4.78, 5) is 23.9. The number of carbonyl (C=O) groups excluding carboxylic acids is 1. The minimum absolute atomic E-state index is 0.0799. The van der Waals surface area contributed by atoms with E-state index in [9.17, 15) is 4.79 Å². The van der Waals surface area contributed by atoms with Crippen molar-refractivity contribution in [3.8, 4) is 11.5 Å². The summed E-state index contributed by atoms with van der Waals surface area (Å²) in [6.07, 6.45) is 5.73. The molecule has 1 amide bonds. The Balaban J connectivity index is 1.54. The third kappa shape index (κ3) is 4.51. The molecule has 1 aromatic carbocycles. The fourth-order valence-electron chi connectivity index (χ4n) is 4.35. The van der Waals surface area contributed by atoms with Gasteiger partial charge < -0.3 is 14.2 Å². The zero-order chi connectivity index (χ0) is 21.8. The number of nitrogens with zero attached hydrogens (tertiary/aromatic N) is 4. The van der Waals surface area contributed by atoms with E-state index in [1.54, 1.807) is 19.5 Å². The third-order valence-electron chi connectivity index (χ3n) is 6.07. The van der Waals surface area contributed by atoms with E-state index in [1.165, 1.54) is 0 Å². The number of carbonyl (C=O) groups is 1. The number of benzene rings is 1. The number of rotatable bonds is 6. The summed E-state index contributed by atoms with van der Waals surface area (Å²) in [5.41, 5.74) is 3.47. The largest absolute Gasteiger partial charge is 0.385 e. The highest BCUT2D eigenvalue weighted by atomic mass is 16.5. The molecule has 2 aromatic heterocycles. The Kier molecular flexibility index (Phi) is 6.13. The summed E-state index contributed by atoms with van der Waals surface area (Å²) in [6, 6.07) is 9.75. The number of hydrogen-bond donors (Lipinski definition) is 0. The van der Waals surface area contributed by atoms with Gasteiger partial charge in [-0.1, -0.05) is 22.3 Å². The van der Waals surface area contributed by atoms with Crippen LogP contribution in [0.4, 0.5) is 0 Å². The summed E-state index contributed by atoms with van der Waals surface area (Å²) in [5, 5.41) is 4.32. The highest BCUT2D eigenvalue weighted by Gasteiger charge is 2.41. The quantitative estimate of drug-likeness (QED) is 0.600. The summed E-state index contributed by atoms with van der Waals surface area (Å²) in [6.45, 7) is 5.93. The smallest absolute Gasteiger partial charge is 0.259 e. The van der Waals surface area contributed by atoms with Crippen molar-refractivity contribution < 1.29 is 14.1 Å². The SMILES string of the molecule is COCCC1(c2noc(-c3cccnc3)n2)CCN(C(=O)c2cc(C)cc(C)c2)CC1. The van der Waals surface area contributed by atoms with Crippen LogP contribution in [0.2, 0.25) is 0 Å². The Labute approximate surface area is 182 Å². The molecule has 1 aliphatic heterocycles. The molecule has 4 rings (SSSR count). The average Bonchev–Trinajstić information content (AvgIpc) is 3.29. The van der Waals surface area contributed by atoms with Gasteiger partial charge in [-0.3, -0.25) is 9.78 Å². The lowest BCUT2D eigenvalue weighted by atomic mass is 9.75. The van der Waals surface area contributed by atoms with Crippen LogP contribution in [0.1, 0.15) is 46.6 Å². The highest BCUT2D eigenvalue weighted by Crippen LogP contribution is 2.38. The van der Waals surface area contributed by atoms with Crippen molar-refractivity contribution in [2.45, 2.75) is 38.5 Å². The lowest BCUT2D eigenvalue weighted by Gasteiger charge is -2.39. The molecule has 0 unspecified atom stereocenters. The molecular weight excluding hydrogens is 392 g/mol. The monoisotopic (exact) mass is 420 g/mol. The fraction of sp³-hybridized carbons (Fsp3) is 0.417. The fourth-order valence-corrected chi connectivity index (χ4v) is 4.35. The Morgan fingerprint density at radius 2 is 1.94 bits per heavy atom. The molecular formula is C24H28N4O3. The number of hydrogen-bond acceptors (Lipinski definition) is 6. The Morgan fingerprint density at radius 1 is 1.19 bits per heavy atom. The minimum Gasteiger partial charge on any atom is -0.385 e. The lowest BCUT2D eigenvalue weighted by molar-refractivity contribution is 0.0616. The minimum atomic E-state index is -0.279. The van der Waals surface area contributed by atoms with Gasteiger partial charge in [0.25, 0.3) is 11.8 Å². The van der Waals surface area contributed by atoms with E-state index in [-0.39, 0.29) is 11.3 Å². The maximum atomic E-state index is 13.1. The lowest BCUT2D eigenvalue weighted by Crippen LogP contribution is -2.46. The van der Waals surface area contributed by atoms with E-state index in [2.05, 4.69) is 16.2 Å². The number of piperidine rings is 1. The molecule has 0 N–H and O–H groups in total. The van der Waals surface area contributed by atoms with Gasteiger partial charge in [0.2, 0.25) is 0 Å². The van der Waals surface area contributed by atoms with Gasteiger partial charge in [0.1, 0.15) is 0 Å². The van der Waals surface area contributed by atoms with Crippen molar-refractivity contribution in [2.24, 2.45) is 0 Å². The van der Waals surface area contributed by atoms with Crippen LogP contribution in [0.3, 0.4) is 0 Å². The maximum absolute atomic E-state index is 13.1. The van der Waals surface area contributed by atoms with Gasteiger partial charge in [-0.05, 0) is 57.4 Å². The normalized spacial score (nSPS) is 15.8. The number of aryl methyl sites for hydroxylation is 2. The third-order valence-corrected chi connectivity index (χ3v) is 6.07. The van der Waals surface area contributed by atoms with E-state index < -0.39 is 0 Å². The van der Waals surface area contributed by atoms with Crippen molar-refractivity contribution in [3.63, 3.8) is 0 Å². The number of ether oxygens (including phenoxy) is 1. The molecule has 162 valence electrons. The number of aromatic nitrogens is 3. The second-order valence-electron chi connectivity index (χ2n) is 8.36. The predicted octanol–water partition coefficient (Wildman–Crippen LogP) is 3.96. The maximum Gasteiger partial charge on any atom is 0.259 e. The molecule has 7 nitrogen and oxygen atoms in total. The number of amides is 1. The molecule has 3 aromatic rings. The van der Waals surface area contributed by atoms with Crippen LogP contribution in [-0.4, -0.2) is 52.7 Å². The van der Waals surface area contributed by atoms with Gasteiger partial charge in [-0.15, -0.1) is 0 Å². The number of likely N-dealkylation sites (tertiary alicyclic amines) is 1. The van der Waals surface area contributed by atoms with Gasteiger partial charge in [0, 0.05) is 50.2 Å². The second-order valence-corrected chi connectivity index (χ2v) is 8.36. The number of methoxy groups -OCH3 is 1. The van der Waals surface area contributed by atoms with Crippen molar-refractivity contribution >= 4 is 5.91 Å². The van der Waals surface area contributed by atoms with Crippen LogP contribution >= 0.6 is 0 Å². The van der Waals surface area contributed by atoms with Crippen molar-refractivity contribution in [1.82, 2.24) is 20.0 Å². The topological polar surface area (TPSA) is 81.3 Å². The van der Waals surface area contributed by atoms with Crippen LogP contribution < -0.4 is 0 Å². The Hall–Kier alpha value is -3.06. The Morgan fingerprint density at radius 3 is 2.58 bits per heavy atom. The molecule has 1 saturated heterocycles. The first-order valence-electron chi connectivity index (χ1n) is 10.6. The first-order valence-corrected chi connectivity index (χ1v) is 10.6. The average molecular weight is 421 g/mol. The molecule has 1 fully saturated rings. The summed E-state index contributed by atoms with van der Waals surface area (Å²) >= 11 is 0. The zero-order valence-electron chi connectivity index (χ0n) is 18.3. The van der Waals surface area contributed by atoms with E-state index >= 15 is 0 Å². The predicted molar refractivity (Wildman–Crippen MR) is 117 cm³/mol. The first kappa shape index (κ1) is 21.2. The summed E-state index contributed by atoms with van der Waals surface area (Å²) < 4.78 is 10.9. The molecule has 0 bridgehead atoms. The van der Waals surface area contributed by atoms with Crippen LogP contribution in [0, 0.1) is 13.8 Å². The van der Waals surface area contributed by atoms with E-state index in [0.717, 1.165) is 41.5 Å². The first-order chi connectivity index (χ1) is 15.0. The van der Waals surface area contributed by atoms with E-state index in [0.29, 0.717) is 31.4 Å². The molecule has 0 spiro atoms. The van der Waals surface area contributed by atoms with Crippen molar-refractivity contribution in [3.05, 3.63) is 65.2 Å². The van der Waals surface area contributed by atoms with Crippen LogP contribution in [0.5, 0.6) is 0 Å². The summed E-state index contributed by atoms with van der Waals surface area (Å²) in [7, 11) is 1.70. The molecule has 31 heavy (non-hydrogen) atoms. The molecule has 7 heteroatoms. The highest BCUT2D eigenvalue weighted by molar-refractivity contribution is 5.94. The van der Waals surface area contributed by atoms with Gasteiger partial charge in [-0.2, -0.15) is 4.98 Å². The second kappa shape index (κ2) is 8.98.